The van der Waals surface area contributed by atoms with Gasteiger partial charge in [0.25, 0.3) is 6.43 Å². The summed E-state index contributed by atoms with van der Waals surface area (Å²) in [5, 5.41) is 0. The quantitative estimate of drug-likeness (QED) is 0.572. The van der Waals surface area contributed by atoms with E-state index in [4.69, 9.17) is 0 Å². The van der Waals surface area contributed by atoms with Gasteiger partial charge in [-0.3, -0.25) is 0 Å². The molecule has 1 aromatic carbocycles. The molecule has 7 heteroatoms. The molecule has 0 aliphatic carbocycles. The summed E-state index contributed by atoms with van der Waals surface area (Å²) in [6, 6.07) is 0.962. The van der Waals surface area contributed by atoms with Gasteiger partial charge in [-0.2, -0.15) is 12.2 Å². The number of hydrogen-bond donors (Lipinski definition) is 0. The third-order valence-electron chi connectivity index (χ3n) is 2.68. The summed E-state index contributed by atoms with van der Waals surface area (Å²) in [4.78, 5) is 0.935. The number of halogens is 5. The van der Waals surface area contributed by atoms with E-state index in [0.717, 1.165) is 4.90 Å². The topological polar surface area (TPSA) is 3.24 Å². The molecule has 1 radical (unpaired) electrons. The van der Waals surface area contributed by atoms with Gasteiger partial charge in [-0.05, 0) is 23.4 Å². The molecule has 0 amide bonds. The second kappa shape index (κ2) is 7.32. The Morgan fingerprint density at radius 2 is 1.71 bits per heavy atom. The molecule has 0 bridgehead atoms. The van der Waals surface area contributed by atoms with Crippen molar-refractivity contribution in [3.05, 3.63) is 65.7 Å². The van der Waals surface area contributed by atoms with Crippen LogP contribution < -0.4 is 0 Å². The first kappa shape index (κ1) is 18.0. The number of hydrogen-bond acceptors (Lipinski definition) is 1. The predicted octanol–water partition coefficient (Wildman–Crippen LogP) is 3.90. The van der Waals surface area contributed by atoms with Gasteiger partial charge in [0.1, 0.15) is 5.82 Å². The monoisotopic (exact) mass is 375 g/mol. The van der Waals surface area contributed by atoms with Crippen LogP contribution in [0.1, 0.15) is 5.56 Å². The molecule has 0 atom stereocenters. The maximum absolute atomic E-state index is 13.7. The molecule has 109 valence electrons. The summed E-state index contributed by atoms with van der Waals surface area (Å²) in [6.45, 7) is 2.74. The maximum Gasteiger partial charge on any atom is 0.256 e. The van der Waals surface area contributed by atoms with Crippen LogP contribution in [0.3, 0.4) is 0 Å². The van der Waals surface area contributed by atoms with Gasteiger partial charge >= 0.3 is 0 Å². The third-order valence-corrected chi connectivity index (χ3v) is 2.68. The van der Waals surface area contributed by atoms with E-state index in [-0.39, 0.29) is 44.1 Å². The summed E-state index contributed by atoms with van der Waals surface area (Å²) in [5.74, 6) is -3.46. The minimum Gasteiger partial charge on any atom is -0.370 e. The largest absolute Gasteiger partial charge is 0.370 e. The molecule has 21 heavy (non-hydrogen) atoms. The van der Waals surface area contributed by atoms with Crippen molar-refractivity contribution in [1.29, 1.82) is 0 Å². The van der Waals surface area contributed by atoms with E-state index in [1.807, 2.05) is 0 Å². The first-order valence-corrected chi connectivity index (χ1v) is 5.59. The molecule has 0 spiro atoms. The zero-order valence-corrected chi connectivity index (χ0v) is 13.6. The van der Waals surface area contributed by atoms with Crippen LogP contribution in [0.25, 0.3) is 5.70 Å². The second-order valence-corrected chi connectivity index (χ2v) is 4.06. The summed E-state index contributed by atoms with van der Waals surface area (Å²) in [7, 11) is 0. The Hall–Kier alpha value is -1.01. The first-order valence-electron chi connectivity index (χ1n) is 5.59. The molecular formula is C14H9F5NY-. The zero-order valence-electron chi connectivity index (χ0n) is 10.7. The first-order chi connectivity index (χ1) is 9.40. The summed E-state index contributed by atoms with van der Waals surface area (Å²) in [6.07, 6.45) is 2.44. The summed E-state index contributed by atoms with van der Waals surface area (Å²) < 4.78 is 65.4. The Bertz CT molecular complexity index is 586. The van der Waals surface area contributed by atoms with Crippen LogP contribution >= 0.6 is 0 Å². The molecule has 0 fully saturated rings. The number of allylic oxidation sites excluding steroid dienone is 3. The van der Waals surface area contributed by atoms with Crippen molar-refractivity contribution in [3.63, 3.8) is 0 Å². The molecule has 1 heterocycles. The van der Waals surface area contributed by atoms with Crippen molar-refractivity contribution in [2.45, 2.75) is 6.43 Å². The maximum atomic E-state index is 13.7. The normalized spacial score (nSPS) is 14.3. The fraction of sp³-hybridized carbons (Fsp3) is 0.143. The zero-order chi connectivity index (χ0) is 14.9. The standard InChI is InChI=1S/C14H9F5N.Y/c1-8-3-2-4-12(20(8)7-13(18)19)14-10(16)5-9(15)6-11(14)17;/h2-3,5-6,13H,1,7H2;/q-1;. The molecule has 0 aromatic heterocycles. The number of benzene rings is 1. The molecule has 1 aromatic rings. The fourth-order valence-corrected chi connectivity index (χ4v) is 1.85. The van der Waals surface area contributed by atoms with E-state index in [1.165, 1.54) is 12.2 Å². The minimum atomic E-state index is -2.73. The Kier molecular flexibility index (Phi) is 6.29. The average Bonchev–Trinajstić information content (AvgIpc) is 2.31. The fourth-order valence-electron chi connectivity index (χ4n) is 1.85. The van der Waals surface area contributed by atoms with Gasteiger partial charge in [0, 0.05) is 32.7 Å². The average molecular weight is 375 g/mol. The van der Waals surface area contributed by atoms with Gasteiger partial charge in [0.05, 0.1) is 18.2 Å². The molecular weight excluding hydrogens is 366 g/mol. The van der Waals surface area contributed by atoms with E-state index < -0.39 is 36.0 Å². The molecule has 1 nitrogen and oxygen atoms in total. The van der Waals surface area contributed by atoms with Gasteiger partial charge < -0.3 is 4.90 Å². The van der Waals surface area contributed by atoms with Crippen molar-refractivity contribution in [1.82, 2.24) is 4.90 Å². The molecule has 0 N–H and O–H groups in total. The van der Waals surface area contributed by atoms with Crippen LogP contribution in [0.5, 0.6) is 0 Å². The van der Waals surface area contributed by atoms with Crippen LogP contribution in [-0.2, 0) is 32.7 Å². The Balaban J connectivity index is 0.00000220. The Labute approximate surface area is 143 Å². The van der Waals surface area contributed by atoms with E-state index in [9.17, 15) is 22.0 Å². The second-order valence-electron chi connectivity index (χ2n) is 4.06. The molecule has 2 rings (SSSR count). The van der Waals surface area contributed by atoms with Gasteiger partial charge in [0.2, 0.25) is 0 Å². The van der Waals surface area contributed by atoms with Crippen LogP contribution in [0.4, 0.5) is 22.0 Å². The third kappa shape index (κ3) is 4.01. The Morgan fingerprint density at radius 3 is 2.24 bits per heavy atom. The van der Waals surface area contributed by atoms with Crippen molar-refractivity contribution in [3.8, 4) is 0 Å². The van der Waals surface area contributed by atoms with E-state index in [0.29, 0.717) is 12.1 Å². The van der Waals surface area contributed by atoms with Crippen molar-refractivity contribution in [2.75, 3.05) is 6.54 Å². The molecule has 0 saturated carbocycles. The minimum absolute atomic E-state index is 0. The Morgan fingerprint density at radius 1 is 1.14 bits per heavy atom. The SMILES string of the molecule is C=C1C=C[C-]=C(c2c(F)cc(F)cc2F)N1CC(F)F.[Y]. The molecule has 1 aliphatic heterocycles. The van der Waals surface area contributed by atoms with Crippen molar-refractivity contribution < 1.29 is 54.7 Å². The van der Waals surface area contributed by atoms with Crippen LogP contribution in [0.2, 0.25) is 0 Å². The smallest absolute Gasteiger partial charge is 0.256 e. The summed E-state index contributed by atoms with van der Waals surface area (Å²) in [5.41, 5.74) is -0.715. The summed E-state index contributed by atoms with van der Waals surface area (Å²) >= 11 is 0. The van der Waals surface area contributed by atoms with E-state index >= 15 is 0 Å². The van der Waals surface area contributed by atoms with Crippen molar-refractivity contribution >= 4 is 5.70 Å². The van der Waals surface area contributed by atoms with Crippen molar-refractivity contribution in [2.24, 2.45) is 0 Å². The van der Waals surface area contributed by atoms with E-state index in [2.05, 4.69) is 12.7 Å². The van der Waals surface area contributed by atoms with Gasteiger partial charge in [-0.25, -0.2) is 22.0 Å². The van der Waals surface area contributed by atoms with Crippen LogP contribution in [0, 0.1) is 23.5 Å². The molecule has 0 unspecified atom stereocenters. The predicted molar refractivity (Wildman–Crippen MR) is 64.0 cm³/mol. The molecule has 1 aliphatic rings. The van der Waals surface area contributed by atoms with Crippen LogP contribution in [0.15, 0.2) is 36.6 Å². The number of rotatable bonds is 3. The van der Waals surface area contributed by atoms with Crippen LogP contribution in [-0.4, -0.2) is 17.9 Å². The van der Waals surface area contributed by atoms with Gasteiger partial charge in [0.15, 0.2) is 0 Å². The number of nitrogens with zero attached hydrogens (tertiary/aromatic N) is 1. The van der Waals surface area contributed by atoms with Gasteiger partial charge in [-0.1, -0.05) is 12.3 Å². The number of alkyl halides is 2. The van der Waals surface area contributed by atoms with E-state index in [1.54, 1.807) is 0 Å². The van der Waals surface area contributed by atoms with Gasteiger partial charge in [-0.15, -0.1) is 6.08 Å². The molecule has 0 saturated heterocycles.